The molecule has 1 saturated carbocycles. The molecule has 4 atom stereocenters. The lowest BCUT2D eigenvalue weighted by Crippen LogP contribution is -2.65. The Bertz CT molecular complexity index is 1140. The first-order chi connectivity index (χ1) is 16.3. The first-order valence-corrected chi connectivity index (χ1v) is 11.4. The lowest BCUT2D eigenvalue weighted by Gasteiger charge is -2.57. The molecule has 2 aromatic carbocycles. The number of hydrogen-bond acceptors (Lipinski definition) is 6. The second kappa shape index (κ2) is 8.13. The van der Waals surface area contributed by atoms with Crippen molar-refractivity contribution in [1.82, 2.24) is 4.90 Å². The number of rotatable bonds is 3. The second-order valence-electron chi connectivity index (χ2n) is 9.47. The lowest BCUT2D eigenvalue weighted by atomic mass is 9.52. The molecule has 8 heteroatoms. The molecule has 2 heterocycles. The number of benzene rings is 2. The number of likely N-dealkylation sites (N-methyl/N-ethyl adjacent to an activating group) is 1. The number of carbonyl (C=O) groups is 3. The predicted octanol–water partition coefficient (Wildman–Crippen LogP) is 3.02. The van der Waals surface area contributed by atoms with Gasteiger partial charge in [-0.15, -0.1) is 0 Å². The zero-order chi connectivity index (χ0) is 24.2. The third kappa shape index (κ3) is 3.20. The van der Waals surface area contributed by atoms with E-state index in [0.717, 1.165) is 37.3 Å². The van der Waals surface area contributed by atoms with Gasteiger partial charge in [0.05, 0.1) is 18.2 Å². The molecule has 34 heavy (non-hydrogen) atoms. The fourth-order valence-electron chi connectivity index (χ4n) is 6.43. The van der Waals surface area contributed by atoms with Crippen LogP contribution in [0.4, 0.5) is 0 Å². The SMILES string of the molecule is COc1ccc2c3c1O[C@H]1C(=O)CC[C@H]4[C@@H](C2)N(C)CC[C@]314.O=C(O)c1ccc(C(=O)O)cc1. The van der Waals surface area contributed by atoms with Crippen LogP contribution in [0.3, 0.4) is 0 Å². The summed E-state index contributed by atoms with van der Waals surface area (Å²) >= 11 is 0. The van der Waals surface area contributed by atoms with Gasteiger partial charge in [0.2, 0.25) is 0 Å². The number of ketones is 1. The van der Waals surface area contributed by atoms with E-state index in [0.29, 0.717) is 18.4 Å². The standard InChI is InChI=1S/C18H21NO3.C8H6O4/c1-19-8-7-18-11-4-5-13(20)17(18)22-16-14(21-2)6-3-10(15(16)18)9-12(11)19;9-7(10)5-1-2-6(4-3-5)8(11)12/h3,6,11-12,17H,4-5,7-9H2,1-2H3;1-4H,(H,9,10)(H,11,12)/t11-,12+,17-,18-;/m0./s1. The van der Waals surface area contributed by atoms with Gasteiger partial charge in [0.1, 0.15) is 0 Å². The smallest absolute Gasteiger partial charge is 0.335 e. The Balaban J connectivity index is 0.000000172. The molecule has 0 unspecified atom stereocenters. The van der Waals surface area contributed by atoms with E-state index in [2.05, 4.69) is 18.0 Å². The Morgan fingerprint density at radius 3 is 2.32 bits per heavy atom. The highest BCUT2D eigenvalue weighted by molar-refractivity contribution is 5.91. The molecule has 4 aliphatic rings. The maximum atomic E-state index is 12.6. The number of piperidine rings is 1. The van der Waals surface area contributed by atoms with E-state index in [-0.39, 0.29) is 28.4 Å². The van der Waals surface area contributed by atoms with Gasteiger partial charge in [0.15, 0.2) is 23.4 Å². The highest BCUT2D eigenvalue weighted by atomic mass is 16.5. The summed E-state index contributed by atoms with van der Waals surface area (Å²) in [7, 11) is 3.91. The molecule has 1 saturated heterocycles. The number of aromatic carboxylic acids is 2. The fraction of sp³-hybridized carbons (Fsp3) is 0.423. The molecule has 0 radical (unpaired) electrons. The molecule has 2 aromatic rings. The molecule has 2 N–H and O–H groups in total. The molecule has 6 rings (SSSR count). The monoisotopic (exact) mass is 465 g/mol. The van der Waals surface area contributed by atoms with Crippen LogP contribution in [0.2, 0.25) is 0 Å². The number of carboxylic acid groups (broad SMARTS) is 2. The van der Waals surface area contributed by atoms with Gasteiger partial charge in [-0.3, -0.25) is 4.79 Å². The molecule has 2 bridgehead atoms. The fourth-order valence-corrected chi connectivity index (χ4v) is 6.43. The molecule has 1 spiro atoms. The molecule has 2 aliphatic heterocycles. The van der Waals surface area contributed by atoms with Crippen LogP contribution in [0.1, 0.15) is 51.1 Å². The minimum Gasteiger partial charge on any atom is -0.493 e. The number of ether oxygens (including phenoxy) is 2. The van der Waals surface area contributed by atoms with Crippen molar-refractivity contribution < 1.29 is 34.1 Å². The Morgan fingerprint density at radius 2 is 1.74 bits per heavy atom. The highest BCUT2D eigenvalue weighted by Gasteiger charge is 2.65. The zero-order valence-electron chi connectivity index (χ0n) is 19.1. The predicted molar refractivity (Wildman–Crippen MR) is 122 cm³/mol. The van der Waals surface area contributed by atoms with Gasteiger partial charge in [-0.25, -0.2) is 9.59 Å². The summed E-state index contributed by atoms with van der Waals surface area (Å²) in [6.07, 6.45) is 3.47. The lowest BCUT2D eigenvalue weighted by molar-refractivity contribution is -0.138. The van der Waals surface area contributed by atoms with Gasteiger partial charge in [0.25, 0.3) is 0 Å². The second-order valence-corrected chi connectivity index (χ2v) is 9.47. The number of carbonyl (C=O) groups excluding carboxylic acids is 1. The molecular formula is C26H27NO7. The average Bonchev–Trinajstić information content (AvgIpc) is 3.18. The average molecular weight is 466 g/mol. The van der Waals surface area contributed by atoms with Crippen LogP contribution in [0.5, 0.6) is 11.5 Å². The molecule has 178 valence electrons. The van der Waals surface area contributed by atoms with E-state index in [4.69, 9.17) is 19.7 Å². The van der Waals surface area contributed by atoms with Gasteiger partial charge in [-0.2, -0.15) is 0 Å². The molecule has 0 amide bonds. The third-order valence-electron chi connectivity index (χ3n) is 7.97. The van der Waals surface area contributed by atoms with E-state index in [9.17, 15) is 14.4 Å². The van der Waals surface area contributed by atoms with Crippen molar-refractivity contribution in [3.8, 4) is 11.5 Å². The quantitative estimate of drug-likeness (QED) is 0.711. The Kier molecular flexibility index (Phi) is 5.36. The summed E-state index contributed by atoms with van der Waals surface area (Å²) < 4.78 is 11.8. The Labute approximate surface area is 197 Å². The van der Waals surface area contributed by atoms with E-state index in [1.807, 2.05) is 6.07 Å². The van der Waals surface area contributed by atoms with Crippen molar-refractivity contribution in [3.63, 3.8) is 0 Å². The summed E-state index contributed by atoms with van der Waals surface area (Å²) in [6.45, 7) is 1.05. The van der Waals surface area contributed by atoms with Crippen molar-refractivity contribution in [2.24, 2.45) is 5.92 Å². The van der Waals surface area contributed by atoms with Gasteiger partial charge in [-0.1, -0.05) is 6.07 Å². The number of hydrogen-bond donors (Lipinski definition) is 2. The maximum Gasteiger partial charge on any atom is 0.335 e. The van der Waals surface area contributed by atoms with Crippen molar-refractivity contribution in [1.29, 1.82) is 0 Å². The molecule has 2 aliphatic carbocycles. The minimum atomic E-state index is -1.06. The Hall–Kier alpha value is -3.39. The van der Waals surface area contributed by atoms with Crippen molar-refractivity contribution in [2.75, 3.05) is 20.7 Å². The summed E-state index contributed by atoms with van der Waals surface area (Å²) in [5.74, 6) is 0.332. The van der Waals surface area contributed by atoms with Crippen molar-refractivity contribution in [3.05, 3.63) is 58.7 Å². The highest BCUT2D eigenvalue weighted by Crippen LogP contribution is 2.63. The van der Waals surface area contributed by atoms with Crippen molar-refractivity contribution in [2.45, 2.75) is 43.2 Å². The number of methoxy groups -OCH3 is 1. The van der Waals surface area contributed by atoms with Gasteiger partial charge >= 0.3 is 11.9 Å². The summed E-state index contributed by atoms with van der Waals surface area (Å²) in [4.78, 5) is 35.8. The minimum absolute atomic E-state index is 0.0833. The summed E-state index contributed by atoms with van der Waals surface area (Å²) in [5, 5.41) is 16.9. The van der Waals surface area contributed by atoms with E-state index in [1.54, 1.807) is 7.11 Å². The number of likely N-dealkylation sites (tertiary alicyclic amines) is 1. The molecular weight excluding hydrogens is 438 g/mol. The third-order valence-corrected chi connectivity index (χ3v) is 7.97. The van der Waals surface area contributed by atoms with Crippen LogP contribution in [0.25, 0.3) is 0 Å². The first-order valence-electron chi connectivity index (χ1n) is 11.4. The van der Waals surface area contributed by atoms with E-state index in [1.165, 1.54) is 35.4 Å². The topological polar surface area (TPSA) is 113 Å². The zero-order valence-corrected chi connectivity index (χ0v) is 19.1. The van der Waals surface area contributed by atoms with Gasteiger partial charge < -0.3 is 24.6 Å². The normalized spacial score (nSPS) is 28.2. The van der Waals surface area contributed by atoms with Crippen LogP contribution >= 0.6 is 0 Å². The Morgan fingerprint density at radius 1 is 1.09 bits per heavy atom. The largest absolute Gasteiger partial charge is 0.493 e. The van der Waals surface area contributed by atoms with E-state index >= 15 is 0 Å². The van der Waals surface area contributed by atoms with Gasteiger partial charge in [0, 0.05) is 23.4 Å². The number of Topliss-reactive ketones (excluding diaryl/α,β-unsaturated/α-hetero) is 1. The van der Waals surface area contributed by atoms with Crippen molar-refractivity contribution >= 4 is 17.7 Å². The maximum absolute atomic E-state index is 12.6. The van der Waals surface area contributed by atoms with Crippen LogP contribution in [0, 0.1) is 5.92 Å². The summed E-state index contributed by atoms with van der Waals surface area (Å²) in [6, 6.07) is 9.75. The summed E-state index contributed by atoms with van der Waals surface area (Å²) in [5.41, 5.74) is 2.74. The van der Waals surface area contributed by atoms with Crippen LogP contribution < -0.4 is 9.47 Å². The van der Waals surface area contributed by atoms with Crippen LogP contribution in [0.15, 0.2) is 36.4 Å². The number of nitrogens with zero attached hydrogens (tertiary/aromatic N) is 1. The number of carboxylic acids is 2. The molecule has 2 fully saturated rings. The van der Waals surface area contributed by atoms with Crippen LogP contribution in [-0.4, -0.2) is 65.7 Å². The molecule has 8 nitrogen and oxygen atoms in total. The van der Waals surface area contributed by atoms with Gasteiger partial charge in [-0.05, 0) is 74.7 Å². The van der Waals surface area contributed by atoms with E-state index < -0.39 is 11.9 Å². The molecule has 0 aromatic heterocycles. The van der Waals surface area contributed by atoms with Crippen LogP contribution in [-0.2, 0) is 16.6 Å². The first kappa shape index (κ1) is 22.4.